The normalized spacial score (nSPS) is 19.6. The van der Waals surface area contributed by atoms with Crippen molar-refractivity contribution in [1.29, 1.82) is 5.26 Å². The minimum atomic E-state index is -0.135. The summed E-state index contributed by atoms with van der Waals surface area (Å²) in [7, 11) is 0. The van der Waals surface area contributed by atoms with Gasteiger partial charge in [-0.3, -0.25) is 9.78 Å². The predicted octanol–water partition coefficient (Wildman–Crippen LogP) is 1.35. The lowest BCUT2D eigenvalue weighted by Crippen LogP contribution is -2.07. The molecule has 3 nitrogen and oxygen atoms in total. The summed E-state index contributed by atoms with van der Waals surface area (Å²) in [6.45, 7) is 0. The highest BCUT2D eigenvalue weighted by molar-refractivity contribution is 6.02. The first-order valence-electron chi connectivity index (χ1n) is 4.17. The van der Waals surface area contributed by atoms with E-state index in [0.717, 1.165) is 5.56 Å². The molecule has 13 heavy (non-hydrogen) atoms. The molecular formula is C10H8N2O. The highest BCUT2D eigenvalue weighted by Gasteiger charge is 2.29. The van der Waals surface area contributed by atoms with Crippen LogP contribution in [-0.4, -0.2) is 10.8 Å². The van der Waals surface area contributed by atoms with Crippen molar-refractivity contribution in [3.63, 3.8) is 0 Å². The Morgan fingerprint density at radius 3 is 3.23 bits per heavy atom. The average Bonchev–Trinajstić information content (AvgIpc) is 2.46. The zero-order valence-electron chi connectivity index (χ0n) is 7.03. The van der Waals surface area contributed by atoms with Gasteiger partial charge in [0.2, 0.25) is 0 Å². The number of nitriles is 1. The van der Waals surface area contributed by atoms with Crippen LogP contribution in [-0.2, 0) is 6.42 Å². The summed E-state index contributed by atoms with van der Waals surface area (Å²) >= 11 is 0. The molecule has 0 aromatic carbocycles. The van der Waals surface area contributed by atoms with Crippen LogP contribution in [0, 0.1) is 17.2 Å². The van der Waals surface area contributed by atoms with Crippen LogP contribution in [0.2, 0.25) is 0 Å². The lowest BCUT2D eigenvalue weighted by atomic mass is 10.0. The Morgan fingerprint density at radius 1 is 1.69 bits per heavy atom. The van der Waals surface area contributed by atoms with Gasteiger partial charge in [-0.05, 0) is 18.1 Å². The number of Topliss-reactive ketones (excluding diaryl/α,β-unsaturated/α-hetero) is 1. The molecule has 0 amide bonds. The predicted molar refractivity (Wildman–Crippen MR) is 46.0 cm³/mol. The number of hydrogen-bond acceptors (Lipinski definition) is 3. The molecule has 1 unspecified atom stereocenters. The lowest BCUT2D eigenvalue weighted by Gasteiger charge is -1.98. The van der Waals surface area contributed by atoms with Crippen molar-refractivity contribution in [3.8, 4) is 6.07 Å². The first-order chi connectivity index (χ1) is 6.33. The Hall–Kier alpha value is -1.69. The molecule has 0 bridgehead atoms. The largest absolute Gasteiger partial charge is 0.294 e. The van der Waals surface area contributed by atoms with Crippen molar-refractivity contribution in [1.82, 2.24) is 4.98 Å². The molecule has 2 rings (SSSR count). The van der Waals surface area contributed by atoms with E-state index in [-0.39, 0.29) is 11.7 Å². The molecule has 0 saturated carbocycles. The molecule has 0 fully saturated rings. The van der Waals surface area contributed by atoms with Gasteiger partial charge in [0.15, 0.2) is 5.78 Å². The van der Waals surface area contributed by atoms with E-state index in [1.54, 1.807) is 12.4 Å². The summed E-state index contributed by atoms with van der Waals surface area (Å²) in [5.41, 5.74) is 1.73. The number of ketones is 1. The monoisotopic (exact) mass is 172 g/mol. The third kappa shape index (κ3) is 1.20. The Balaban J connectivity index is 2.34. The highest BCUT2D eigenvalue weighted by atomic mass is 16.1. The van der Waals surface area contributed by atoms with Gasteiger partial charge in [-0.25, -0.2) is 0 Å². The van der Waals surface area contributed by atoms with Crippen molar-refractivity contribution in [3.05, 3.63) is 29.6 Å². The van der Waals surface area contributed by atoms with Gasteiger partial charge in [0.1, 0.15) is 0 Å². The van der Waals surface area contributed by atoms with Gasteiger partial charge < -0.3 is 0 Å². The number of fused-ring (bicyclic) bond motifs is 1. The van der Waals surface area contributed by atoms with Crippen molar-refractivity contribution < 1.29 is 4.79 Å². The fourth-order valence-electron chi connectivity index (χ4n) is 1.68. The summed E-state index contributed by atoms with van der Waals surface area (Å²) in [4.78, 5) is 15.5. The van der Waals surface area contributed by atoms with Crippen LogP contribution in [0.1, 0.15) is 22.3 Å². The molecule has 0 aliphatic heterocycles. The third-order valence-corrected chi connectivity index (χ3v) is 2.35. The Morgan fingerprint density at radius 2 is 2.54 bits per heavy atom. The molecule has 1 heterocycles. The van der Waals surface area contributed by atoms with E-state index < -0.39 is 0 Å². The maximum Gasteiger partial charge on any atom is 0.169 e. The van der Waals surface area contributed by atoms with Gasteiger partial charge in [0, 0.05) is 30.3 Å². The minimum absolute atomic E-state index is 0.0738. The summed E-state index contributed by atoms with van der Waals surface area (Å²) in [6, 6.07) is 3.89. The van der Waals surface area contributed by atoms with Crippen LogP contribution in [0.3, 0.4) is 0 Å². The van der Waals surface area contributed by atoms with E-state index in [1.807, 2.05) is 12.1 Å². The van der Waals surface area contributed by atoms with E-state index in [1.165, 1.54) is 0 Å². The first kappa shape index (κ1) is 7.93. The zero-order valence-corrected chi connectivity index (χ0v) is 7.03. The zero-order chi connectivity index (χ0) is 9.26. The second kappa shape index (κ2) is 2.98. The molecule has 1 aromatic rings. The van der Waals surface area contributed by atoms with E-state index in [4.69, 9.17) is 5.26 Å². The Kier molecular flexibility index (Phi) is 1.82. The fourth-order valence-corrected chi connectivity index (χ4v) is 1.68. The van der Waals surface area contributed by atoms with Crippen LogP contribution >= 0.6 is 0 Å². The van der Waals surface area contributed by atoms with Gasteiger partial charge in [-0.2, -0.15) is 5.26 Å². The van der Waals surface area contributed by atoms with E-state index >= 15 is 0 Å². The summed E-state index contributed by atoms with van der Waals surface area (Å²) < 4.78 is 0. The van der Waals surface area contributed by atoms with Gasteiger partial charge >= 0.3 is 0 Å². The SMILES string of the molecule is N#CCC1Cc2ccncc2C1=O. The summed E-state index contributed by atoms with van der Waals surface area (Å²) in [5.74, 6) is -0.0613. The van der Waals surface area contributed by atoms with Crippen molar-refractivity contribution in [2.45, 2.75) is 12.8 Å². The van der Waals surface area contributed by atoms with Crippen LogP contribution in [0.15, 0.2) is 18.5 Å². The molecule has 0 radical (unpaired) electrons. The fraction of sp³-hybridized carbons (Fsp3) is 0.300. The van der Waals surface area contributed by atoms with Crippen LogP contribution in [0.4, 0.5) is 0 Å². The summed E-state index contributed by atoms with van der Waals surface area (Å²) in [5, 5.41) is 8.51. The molecule has 3 heteroatoms. The maximum absolute atomic E-state index is 11.6. The number of nitrogens with zero attached hydrogens (tertiary/aromatic N) is 2. The van der Waals surface area contributed by atoms with E-state index in [2.05, 4.69) is 4.98 Å². The molecule has 0 N–H and O–H groups in total. The number of aromatic nitrogens is 1. The Bertz CT molecular complexity index is 392. The quantitative estimate of drug-likeness (QED) is 0.642. The highest BCUT2D eigenvalue weighted by Crippen LogP contribution is 2.27. The van der Waals surface area contributed by atoms with Crippen molar-refractivity contribution >= 4 is 5.78 Å². The Labute approximate surface area is 76.0 Å². The average molecular weight is 172 g/mol. The number of carbonyl (C=O) groups is 1. The molecule has 1 aromatic heterocycles. The van der Waals surface area contributed by atoms with Crippen LogP contribution in [0.5, 0.6) is 0 Å². The molecular weight excluding hydrogens is 164 g/mol. The molecule has 1 atom stereocenters. The molecule has 1 aliphatic carbocycles. The van der Waals surface area contributed by atoms with Gasteiger partial charge in [-0.1, -0.05) is 0 Å². The van der Waals surface area contributed by atoms with E-state index in [9.17, 15) is 4.79 Å². The van der Waals surface area contributed by atoms with Gasteiger partial charge in [-0.15, -0.1) is 0 Å². The van der Waals surface area contributed by atoms with Crippen LogP contribution < -0.4 is 0 Å². The molecule has 0 saturated heterocycles. The first-order valence-corrected chi connectivity index (χ1v) is 4.17. The van der Waals surface area contributed by atoms with Crippen LogP contribution in [0.25, 0.3) is 0 Å². The smallest absolute Gasteiger partial charge is 0.169 e. The second-order valence-corrected chi connectivity index (χ2v) is 3.16. The second-order valence-electron chi connectivity index (χ2n) is 3.16. The van der Waals surface area contributed by atoms with E-state index in [0.29, 0.717) is 18.4 Å². The van der Waals surface area contributed by atoms with Crippen molar-refractivity contribution in [2.24, 2.45) is 5.92 Å². The topological polar surface area (TPSA) is 53.8 Å². The lowest BCUT2D eigenvalue weighted by molar-refractivity contribution is 0.0938. The molecule has 0 spiro atoms. The summed E-state index contributed by atoms with van der Waals surface area (Å²) in [6.07, 6.45) is 4.29. The minimum Gasteiger partial charge on any atom is -0.294 e. The van der Waals surface area contributed by atoms with Gasteiger partial charge in [0.25, 0.3) is 0 Å². The van der Waals surface area contributed by atoms with Crippen molar-refractivity contribution in [2.75, 3.05) is 0 Å². The van der Waals surface area contributed by atoms with Gasteiger partial charge in [0.05, 0.1) is 6.07 Å². The molecule has 1 aliphatic rings. The standard InChI is InChI=1S/C10H8N2O/c11-3-1-8-5-7-2-4-12-6-9(7)10(8)13/h2,4,6,8H,1,5H2. The third-order valence-electron chi connectivity index (χ3n) is 2.35. The number of pyridine rings is 1. The number of rotatable bonds is 1. The number of carbonyl (C=O) groups excluding carboxylic acids is 1. The number of hydrogen-bond donors (Lipinski definition) is 0. The molecule has 64 valence electrons. The maximum atomic E-state index is 11.6.